The minimum atomic E-state index is -0.612. The van der Waals surface area contributed by atoms with E-state index in [4.69, 9.17) is 9.15 Å². The molecule has 0 aliphatic carbocycles. The number of fused-ring (bicyclic) bond motifs is 1. The van der Waals surface area contributed by atoms with Crippen molar-refractivity contribution in [3.05, 3.63) is 77.3 Å². The summed E-state index contributed by atoms with van der Waals surface area (Å²) in [5, 5.41) is 12.9. The SMILES string of the molecule is Cc1cccc(CSc2nnc(C(Cc3c[nH]c4ccccc34)NC(=O)OC(C)(C)C)o2)c1. The summed E-state index contributed by atoms with van der Waals surface area (Å²) >= 11 is 1.47. The van der Waals surface area contributed by atoms with Crippen molar-refractivity contribution in [3.8, 4) is 0 Å². The highest BCUT2D eigenvalue weighted by atomic mass is 32.2. The Kier molecular flexibility index (Phi) is 6.74. The van der Waals surface area contributed by atoms with Gasteiger partial charge in [-0.25, -0.2) is 4.79 Å². The van der Waals surface area contributed by atoms with E-state index in [0.717, 1.165) is 22.2 Å². The first-order valence-corrected chi connectivity index (χ1v) is 11.8. The Balaban J connectivity index is 1.53. The van der Waals surface area contributed by atoms with Crippen LogP contribution in [0.5, 0.6) is 0 Å². The molecule has 33 heavy (non-hydrogen) atoms. The zero-order valence-electron chi connectivity index (χ0n) is 19.2. The van der Waals surface area contributed by atoms with Crippen LogP contribution in [0.15, 0.2) is 64.4 Å². The van der Waals surface area contributed by atoms with Crippen LogP contribution in [0.1, 0.15) is 49.4 Å². The van der Waals surface area contributed by atoms with Gasteiger partial charge in [0, 0.05) is 29.3 Å². The van der Waals surface area contributed by atoms with E-state index in [0.29, 0.717) is 17.5 Å². The molecule has 0 bridgehead atoms. The van der Waals surface area contributed by atoms with Crippen LogP contribution >= 0.6 is 11.8 Å². The third-order valence-electron chi connectivity index (χ3n) is 4.95. The van der Waals surface area contributed by atoms with E-state index < -0.39 is 17.7 Å². The lowest BCUT2D eigenvalue weighted by atomic mass is 10.1. The van der Waals surface area contributed by atoms with E-state index in [1.807, 2.05) is 57.3 Å². The van der Waals surface area contributed by atoms with Gasteiger partial charge in [0.15, 0.2) is 0 Å². The number of nitrogens with one attached hydrogen (secondary N) is 2. The number of amides is 1. The number of nitrogens with zero attached hydrogens (tertiary/aromatic N) is 2. The number of carbonyl (C=O) groups excluding carboxylic acids is 1. The Hall–Kier alpha value is -3.26. The van der Waals surface area contributed by atoms with Crippen LogP contribution in [-0.2, 0) is 16.9 Å². The first-order chi connectivity index (χ1) is 15.8. The van der Waals surface area contributed by atoms with Crippen molar-refractivity contribution in [2.75, 3.05) is 0 Å². The molecule has 0 aliphatic heterocycles. The van der Waals surface area contributed by atoms with E-state index in [9.17, 15) is 4.79 Å². The second-order valence-corrected chi connectivity index (χ2v) is 9.87. The van der Waals surface area contributed by atoms with E-state index in [1.165, 1.54) is 22.9 Å². The molecule has 2 heterocycles. The molecule has 4 rings (SSSR count). The van der Waals surface area contributed by atoms with E-state index >= 15 is 0 Å². The molecule has 0 radical (unpaired) electrons. The van der Waals surface area contributed by atoms with Crippen molar-refractivity contribution in [2.45, 2.75) is 56.7 Å². The number of ether oxygens (including phenoxy) is 1. The van der Waals surface area contributed by atoms with Crippen LogP contribution < -0.4 is 5.32 Å². The third kappa shape index (κ3) is 6.16. The van der Waals surface area contributed by atoms with Crippen molar-refractivity contribution in [2.24, 2.45) is 0 Å². The van der Waals surface area contributed by atoms with Gasteiger partial charge in [-0.15, -0.1) is 10.2 Å². The lowest BCUT2D eigenvalue weighted by Crippen LogP contribution is -2.36. The summed E-state index contributed by atoms with van der Waals surface area (Å²) in [7, 11) is 0. The number of carbonyl (C=O) groups is 1. The Morgan fingerprint density at radius 2 is 2.00 bits per heavy atom. The van der Waals surface area contributed by atoms with Crippen LogP contribution in [-0.4, -0.2) is 26.9 Å². The quantitative estimate of drug-likeness (QED) is 0.328. The second-order valence-electron chi connectivity index (χ2n) is 8.95. The largest absolute Gasteiger partial charge is 0.444 e. The zero-order chi connectivity index (χ0) is 23.4. The molecule has 2 N–H and O–H groups in total. The molecule has 1 amide bonds. The second kappa shape index (κ2) is 9.70. The molecule has 0 fully saturated rings. The summed E-state index contributed by atoms with van der Waals surface area (Å²) in [6, 6.07) is 15.8. The number of aryl methyl sites for hydroxylation is 1. The first kappa shape index (κ1) is 22.9. The predicted molar refractivity (Wildman–Crippen MR) is 129 cm³/mol. The Morgan fingerprint density at radius 3 is 2.79 bits per heavy atom. The number of aromatic nitrogens is 3. The van der Waals surface area contributed by atoms with Crippen molar-refractivity contribution in [3.63, 3.8) is 0 Å². The summed E-state index contributed by atoms with van der Waals surface area (Å²) < 4.78 is 11.4. The van der Waals surface area contributed by atoms with Crippen molar-refractivity contribution < 1.29 is 13.9 Å². The summed E-state index contributed by atoms with van der Waals surface area (Å²) in [6.45, 7) is 7.55. The molecule has 0 saturated carbocycles. The monoisotopic (exact) mass is 464 g/mol. The third-order valence-corrected chi connectivity index (χ3v) is 5.84. The van der Waals surface area contributed by atoms with E-state index in [2.05, 4.69) is 45.6 Å². The molecular weight excluding hydrogens is 436 g/mol. The number of H-pyrrole nitrogens is 1. The highest BCUT2D eigenvalue weighted by Gasteiger charge is 2.26. The molecule has 0 aliphatic rings. The maximum absolute atomic E-state index is 12.5. The van der Waals surface area contributed by atoms with E-state index in [-0.39, 0.29) is 0 Å². The summed E-state index contributed by atoms with van der Waals surface area (Å²) in [5.41, 5.74) is 3.85. The first-order valence-electron chi connectivity index (χ1n) is 10.8. The summed E-state index contributed by atoms with van der Waals surface area (Å²) in [6.07, 6.45) is 1.89. The lowest BCUT2D eigenvalue weighted by Gasteiger charge is -2.22. The van der Waals surface area contributed by atoms with Gasteiger partial charge in [-0.3, -0.25) is 0 Å². The van der Waals surface area contributed by atoms with E-state index in [1.54, 1.807) is 0 Å². The summed E-state index contributed by atoms with van der Waals surface area (Å²) in [5.74, 6) is 1.06. The van der Waals surface area contributed by atoms with Gasteiger partial charge in [-0.05, 0) is 44.9 Å². The van der Waals surface area contributed by atoms with Gasteiger partial charge in [-0.2, -0.15) is 0 Å². The smallest absolute Gasteiger partial charge is 0.408 e. The normalized spacial score (nSPS) is 12.6. The van der Waals surface area contributed by atoms with Crippen molar-refractivity contribution >= 4 is 28.8 Å². The maximum atomic E-state index is 12.5. The Labute approximate surface area is 197 Å². The van der Waals surface area contributed by atoms with Gasteiger partial charge in [0.1, 0.15) is 11.6 Å². The highest BCUT2D eigenvalue weighted by Crippen LogP contribution is 2.28. The molecule has 1 atom stereocenters. The number of aromatic amines is 1. The van der Waals surface area contributed by atoms with Crippen LogP contribution in [0, 0.1) is 6.92 Å². The fourth-order valence-corrected chi connectivity index (χ4v) is 4.25. The number of benzene rings is 2. The topological polar surface area (TPSA) is 93.0 Å². The number of alkyl carbamates (subject to hydrolysis) is 1. The average molecular weight is 465 g/mol. The number of rotatable bonds is 7. The number of thioether (sulfide) groups is 1. The summed E-state index contributed by atoms with van der Waals surface area (Å²) in [4.78, 5) is 15.8. The predicted octanol–water partition coefficient (Wildman–Crippen LogP) is 5.96. The van der Waals surface area contributed by atoms with Gasteiger partial charge >= 0.3 is 6.09 Å². The number of para-hydroxylation sites is 1. The number of hydrogen-bond donors (Lipinski definition) is 2. The zero-order valence-corrected chi connectivity index (χ0v) is 20.0. The fourth-order valence-electron chi connectivity index (χ4n) is 3.54. The van der Waals surface area contributed by atoms with Gasteiger partial charge in [0.2, 0.25) is 5.89 Å². The molecule has 172 valence electrons. The van der Waals surface area contributed by atoms with Crippen molar-refractivity contribution in [1.82, 2.24) is 20.5 Å². The molecular formula is C25H28N4O3S. The van der Waals surface area contributed by atoms with Crippen LogP contribution in [0.4, 0.5) is 4.79 Å². The lowest BCUT2D eigenvalue weighted by molar-refractivity contribution is 0.0494. The average Bonchev–Trinajstić information content (AvgIpc) is 3.38. The number of hydrogen-bond acceptors (Lipinski definition) is 6. The molecule has 8 heteroatoms. The minimum Gasteiger partial charge on any atom is -0.444 e. The fraction of sp³-hybridized carbons (Fsp3) is 0.320. The van der Waals surface area contributed by atoms with Crippen molar-refractivity contribution in [1.29, 1.82) is 0 Å². The molecule has 2 aromatic carbocycles. The standard InChI is InChI=1S/C25H28N4O3S/c1-16-8-7-9-17(12-16)15-33-24-29-28-22(31-24)21(27-23(30)32-25(2,3)4)13-18-14-26-20-11-6-5-10-19(18)20/h5-12,14,21,26H,13,15H2,1-4H3,(H,27,30). The molecule has 0 saturated heterocycles. The van der Waals surface area contributed by atoms with Crippen LogP contribution in [0.3, 0.4) is 0 Å². The molecule has 1 unspecified atom stereocenters. The molecule has 7 nitrogen and oxygen atoms in total. The van der Waals surface area contributed by atoms with Gasteiger partial charge in [0.05, 0.1) is 0 Å². The molecule has 2 aromatic heterocycles. The minimum absolute atomic E-state index is 0.345. The van der Waals surface area contributed by atoms with Gasteiger partial charge in [0.25, 0.3) is 5.22 Å². The van der Waals surface area contributed by atoms with Gasteiger partial charge in [-0.1, -0.05) is 59.8 Å². The molecule has 0 spiro atoms. The van der Waals surface area contributed by atoms with Crippen LogP contribution in [0.25, 0.3) is 10.9 Å². The Morgan fingerprint density at radius 1 is 1.18 bits per heavy atom. The van der Waals surface area contributed by atoms with Crippen LogP contribution in [0.2, 0.25) is 0 Å². The Bertz CT molecular complexity index is 1240. The van der Waals surface area contributed by atoms with Gasteiger partial charge < -0.3 is 19.5 Å². The molecule has 4 aromatic rings. The highest BCUT2D eigenvalue weighted by molar-refractivity contribution is 7.98. The maximum Gasteiger partial charge on any atom is 0.408 e.